The van der Waals surface area contributed by atoms with Gasteiger partial charge in [-0.3, -0.25) is 4.79 Å². The van der Waals surface area contributed by atoms with Gasteiger partial charge < -0.3 is 19.8 Å². The van der Waals surface area contributed by atoms with E-state index in [2.05, 4.69) is 20.8 Å². The SMILES string of the molecule is COc1ccc(C(=O)Nc2cccc(CNc3ccc(-c4nnco4)cc3)c2)cc1. The lowest BCUT2D eigenvalue weighted by Crippen LogP contribution is -2.12. The first kappa shape index (κ1) is 19.2. The van der Waals surface area contributed by atoms with Crippen LogP contribution in [0.3, 0.4) is 0 Å². The molecule has 0 spiro atoms. The van der Waals surface area contributed by atoms with Crippen LogP contribution in [0.25, 0.3) is 11.5 Å². The van der Waals surface area contributed by atoms with Crippen LogP contribution in [0.4, 0.5) is 11.4 Å². The molecule has 0 saturated heterocycles. The number of rotatable bonds is 7. The second-order valence-corrected chi connectivity index (χ2v) is 6.56. The van der Waals surface area contributed by atoms with Crippen LogP contribution in [-0.2, 0) is 6.54 Å². The molecule has 7 heteroatoms. The molecular weight excluding hydrogens is 380 g/mol. The van der Waals surface area contributed by atoms with Crippen molar-refractivity contribution < 1.29 is 13.9 Å². The van der Waals surface area contributed by atoms with Crippen LogP contribution in [0.2, 0.25) is 0 Å². The smallest absolute Gasteiger partial charge is 0.255 e. The monoisotopic (exact) mass is 400 g/mol. The maximum Gasteiger partial charge on any atom is 0.255 e. The van der Waals surface area contributed by atoms with Crippen molar-refractivity contribution in [2.45, 2.75) is 6.54 Å². The minimum Gasteiger partial charge on any atom is -0.497 e. The van der Waals surface area contributed by atoms with E-state index >= 15 is 0 Å². The number of hydrogen-bond donors (Lipinski definition) is 2. The molecule has 0 aliphatic heterocycles. The van der Waals surface area contributed by atoms with Gasteiger partial charge in [-0.05, 0) is 66.2 Å². The van der Waals surface area contributed by atoms with Crippen molar-refractivity contribution >= 4 is 17.3 Å². The Morgan fingerprint density at radius 1 is 1.00 bits per heavy atom. The minimum atomic E-state index is -0.167. The summed E-state index contributed by atoms with van der Waals surface area (Å²) in [6, 6.07) is 22.5. The Balaban J connectivity index is 1.36. The van der Waals surface area contributed by atoms with Gasteiger partial charge in [0.2, 0.25) is 12.3 Å². The second-order valence-electron chi connectivity index (χ2n) is 6.56. The number of carbonyl (C=O) groups excluding carboxylic acids is 1. The summed E-state index contributed by atoms with van der Waals surface area (Å²) in [7, 11) is 1.59. The van der Waals surface area contributed by atoms with Crippen molar-refractivity contribution in [3.05, 3.63) is 90.3 Å². The molecule has 1 heterocycles. The molecule has 3 aromatic carbocycles. The lowest BCUT2D eigenvalue weighted by atomic mass is 10.1. The normalized spacial score (nSPS) is 10.4. The molecule has 4 rings (SSSR count). The Labute approximate surface area is 173 Å². The summed E-state index contributed by atoms with van der Waals surface area (Å²) < 4.78 is 10.3. The largest absolute Gasteiger partial charge is 0.497 e. The predicted octanol–water partition coefficient (Wildman–Crippen LogP) is 4.61. The zero-order valence-corrected chi connectivity index (χ0v) is 16.3. The maximum atomic E-state index is 12.4. The quantitative estimate of drug-likeness (QED) is 0.471. The molecule has 0 atom stereocenters. The van der Waals surface area contributed by atoms with Gasteiger partial charge in [0.15, 0.2) is 0 Å². The average molecular weight is 400 g/mol. The molecule has 0 aliphatic carbocycles. The summed E-state index contributed by atoms with van der Waals surface area (Å²) in [4.78, 5) is 12.4. The molecule has 1 amide bonds. The van der Waals surface area contributed by atoms with E-state index in [-0.39, 0.29) is 5.91 Å². The van der Waals surface area contributed by atoms with Crippen LogP contribution in [0.15, 0.2) is 83.6 Å². The van der Waals surface area contributed by atoms with Gasteiger partial charge in [0.05, 0.1) is 7.11 Å². The Kier molecular flexibility index (Phi) is 5.70. The van der Waals surface area contributed by atoms with Crippen LogP contribution in [0.5, 0.6) is 5.75 Å². The number of hydrogen-bond acceptors (Lipinski definition) is 6. The zero-order valence-electron chi connectivity index (χ0n) is 16.3. The first-order valence-electron chi connectivity index (χ1n) is 9.36. The van der Waals surface area contributed by atoms with Crippen LogP contribution in [0.1, 0.15) is 15.9 Å². The highest BCUT2D eigenvalue weighted by molar-refractivity contribution is 6.04. The van der Waals surface area contributed by atoms with Crippen LogP contribution < -0.4 is 15.4 Å². The molecule has 0 unspecified atom stereocenters. The Bertz CT molecular complexity index is 1110. The summed E-state index contributed by atoms with van der Waals surface area (Å²) in [5, 5.41) is 13.9. The van der Waals surface area contributed by atoms with Crippen molar-refractivity contribution in [3.8, 4) is 17.2 Å². The lowest BCUT2D eigenvalue weighted by molar-refractivity contribution is 0.102. The van der Waals surface area contributed by atoms with Gasteiger partial charge in [-0.25, -0.2) is 0 Å². The number of methoxy groups -OCH3 is 1. The summed E-state index contributed by atoms with van der Waals surface area (Å²) in [5.74, 6) is 1.03. The molecule has 0 bridgehead atoms. The van der Waals surface area contributed by atoms with E-state index in [1.165, 1.54) is 6.39 Å². The number of amides is 1. The number of nitrogens with one attached hydrogen (secondary N) is 2. The summed E-state index contributed by atoms with van der Waals surface area (Å²) in [6.45, 7) is 0.617. The topological polar surface area (TPSA) is 89.3 Å². The third-order valence-corrected chi connectivity index (χ3v) is 4.53. The number of carbonyl (C=O) groups is 1. The highest BCUT2D eigenvalue weighted by Crippen LogP contribution is 2.20. The van der Waals surface area contributed by atoms with E-state index in [0.29, 0.717) is 23.7 Å². The lowest BCUT2D eigenvalue weighted by Gasteiger charge is -2.10. The Hall–Kier alpha value is -4.13. The van der Waals surface area contributed by atoms with E-state index in [1.54, 1.807) is 31.4 Å². The first-order chi connectivity index (χ1) is 14.7. The van der Waals surface area contributed by atoms with Gasteiger partial charge in [0.25, 0.3) is 5.91 Å². The van der Waals surface area contributed by atoms with Gasteiger partial charge in [0.1, 0.15) is 5.75 Å². The molecule has 30 heavy (non-hydrogen) atoms. The molecule has 0 saturated carbocycles. The molecular formula is C23H20N4O3. The molecule has 0 radical (unpaired) electrons. The van der Waals surface area contributed by atoms with Crippen LogP contribution in [0, 0.1) is 0 Å². The standard InChI is InChI=1S/C23H20N4O3/c1-29-21-11-7-17(8-12-21)22(28)26-20-4-2-3-16(13-20)14-24-19-9-5-18(6-10-19)23-27-25-15-30-23/h2-13,15,24H,14H2,1H3,(H,26,28). The summed E-state index contributed by atoms with van der Waals surface area (Å²) in [5.41, 5.74) is 4.18. The number of anilines is 2. The molecule has 4 aromatic rings. The number of benzene rings is 3. The molecule has 7 nitrogen and oxygen atoms in total. The Morgan fingerprint density at radius 2 is 1.80 bits per heavy atom. The van der Waals surface area contributed by atoms with Gasteiger partial charge in [-0.15, -0.1) is 10.2 Å². The van der Waals surface area contributed by atoms with E-state index < -0.39 is 0 Å². The fourth-order valence-corrected chi connectivity index (χ4v) is 2.94. The van der Waals surface area contributed by atoms with Crippen LogP contribution >= 0.6 is 0 Å². The predicted molar refractivity (Wildman–Crippen MR) is 114 cm³/mol. The highest BCUT2D eigenvalue weighted by Gasteiger charge is 2.07. The van der Waals surface area contributed by atoms with Gasteiger partial charge >= 0.3 is 0 Å². The van der Waals surface area contributed by atoms with Gasteiger partial charge in [0, 0.05) is 29.0 Å². The average Bonchev–Trinajstić information content (AvgIpc) is 3.33. The van der Waals surface area contributed by atoms with Crippen LogP contribution in [-0.4, -0.2) is 23.2 Å². The Morgan fingerprint density at radius 3 is 2.50 bits per heavy atom. The number of aromatic nitrogens is 2. The number of nitrogens with zero attached hydrogens (tertiary/aromatic N) is 2. The van der Waals surface area contributed by atoms with Crippen molar-refractivity contribution in [3.63, 3.8) is 0 Å². The van der Waals surface area contributed by atoms with E-state index in [9.17, 15) is 4.79 Å². The fraction of sp³-hybridized carbons (Fsp3) is 0.0870. The second kappa shape index (κ2) is 8.91. The highest BCUT2D eigenvalue weighted by atomic mass is 16.5. The minimum absolute atomic E-state index is 0.167. The molecule has 0 fully saturated rings. The van der Waals surface area contributed by atoms with Crippen molar-refractivity contribution in [1.82, 2.24) is 10.2 Å². The third-order valence-electron chi connectivity index (χ3n) is 4.53. The van der Waals surface area contributed by atoms with Gasteiger partial charge in [-0.2, -0.15) is 0 Å². The molecule has 2 N–H and O–H groups in total. The molecule has 1 aromatic heterocycles. The third kappa shape index (κ3) is 4.64. The van der Waals surface area contributed by atoms with Gasteiger partial charge in [-0.1, -0.05) is 12.1 Å². The van der Waals surface area contributed by atoms with E-state index in [0.717, 1.165) is 22.5 Å². The first-order valence-corrected chi connectivity index (χ1v) is 9.36. The molecule has 150 valence electrons. The van der Waals surface area contributed by atoms with Crippen molar-refractivity contribution in [1.29, 1.82) is 0 Å². The molecule has 0 aliphatic rings. The van der Waals surface area contributed by atoms with E-state index in [1.807, 2.05) is 48.5 Å². The number of ether oxygens (including phenoxy) is 1. The summed E-state index contributed by atoms with van der Waals surface area (Å²) in [6.07, 6.45) is 1.31. The van der Waals surface area contributed by atoms with Crippen molar-refractivity contribution in [2.75, 3.05) is 17.7 Å². The fourth-order valence-electron chi connectivity index (χ4n) is 2.94. The van der Waals surface area contributed by atoms with E-state index in [4.69, 9.17) is 9.15 Å². The summed E-state index contributed by atoms with van der Waals surface area (Å²) >= 11 is 0. The maximum absolute atomic E-state index is 12.4. The van der Waals surface area contributed by atoms with Crippen molar-refractivity contribution in [2.24, 2.45) is 0 Å². The zero-order chi connectivity index (χ0) is 20.8.